The maximum atomic E-state index is 12.5. The van der Waals surface area contributed by atoms with Gasteiger partial charge < -0.3 is 15.2 Å². The number of hydrogen-bond acceptors (Lipinski definition) is 4. The fraction of sp³-hybridized carbons (Fsp3) is 0.600. The molecule has 2 amide bonds. The van der Waals surface area contributed by atoms with E-state index in [0.717, 1.165) is 12.8 Å². The van der Waals surface area contributed by atoms with Crippen molar-refractivity contribution in [2.24, 2.45) is 7.05 Å². The normalized spacial score (nSPS) is 14.7. The lowest BCUT2D eigenvalue weighted by molar-refractivity contribution is -0.120. The zero-order valence-electron chi connectivity index (χ0n) is 14.2. The number of carbonyl (C=O) groups is 2. The molecule has 2 N–H and O–H groups in total. The minimum atomic E-state index is -3.62. The zero-order chi connectivity index (χ0) is 17.9. The van der Waals surface area contributed by atoms with E-state index in [1.165, 1.54) is 21.1 Å². The molecule has 9 heteroatoms. The van der Waals surface area contributed by atoms with E-state index < -0.39 is 15.9 Å². The van der Waals surface area contributed by atoms with E-state index in [-0.39, 0.29) is 29.1 Å². The summed E-state index contributed by atoms with van der Waals surface area (Å²) in [4.78, 5) is 23.9. The Balaban J connectivity index is 2.07. The van der Waals surface area contributed by atoms with Crippen LogP contribution < -0.4 is 10.6 Å². The van der Waals surface area contributed by atoms with E-state index >= 15 is 0 Å². The molecular formula is C15H24N4O4S. The van der Waals surface area contributed by atoms with Crippen molar-refractivity contribution >= 4 is 21.8 Å². The number of aryl methyl sites for hydroxylation is 1. The lowest BCUT2D eigenvalue weighted by atomic mass is 10.4. The smallest absolute Gasteiger partial charge is 0.268 e. The topological polar surface area (TPSA) is 101 Å². The Kier molecular flexibility index (Phi) is 5.66. The van der Waals surface area contributed by atoms with Crippen LogP contribution in [0.2, 0.25) is 0 Å². The molecule has 2 rings (SSSR count). The van der Waals surface area contributed by atoms with Crippen LogP contribution in [-0.2, 0) is 21.9 Å². The highest BCUT2D eigenvalue weighted by Gasteiger charge is 2.26. The predicted molar refractivity (Wildman–Crippen MR) is 89.0 cm³/mol. The highest BCUT2D eigenvalue weighted by Crippen LogP contribution is 2.19. The molecule has 134 valence electrons. The average Bonchev–Trinajstić information content (AvgIpc) is 3.24. The highest BCUT2D eigenvalue weighted by atomic mass is 32.2. The Hall–Kier alpha value is -1.87. The van der Waals surface area contributed by atoms with Crippen LogP contribution in [0.3, 0.4) is 0 Å². The molecule has 1 aromatic rings. The summed E-state index contributed by atoms with van der Waals surface area (Å²) in [5, 5.41) is 5.29. The minimum absolute atomic E-state index is 0.0706. The van der Waals surface area contributed by atoms with Gasteiger partial charge in [0.15, 0.2) is 0 Å². The molecule has 0 atom stereocenters. The van der Waals surface area contributed by atoms with Crippen molar-refractivity contribution < 1.29 is 18.0 Å². The Morgan fingerprint density at radius 2 is 1.92 bits per heavy atom. The zero-order valence-corrected chi connectivity index (χ0v) is 15.0. The van der Waals surface area contributed by atoms with E-state index in [4.69, 9.17) is 0 Å². The molecule has 1 aliphatic carbocycles. The third-order valence-corrected chi connectivity index (χ3v) is 5.92. The van der Waals surface area contributed by atoms with Crippen LogP contribution in [0.25, 0.3) is 0 Å². The number of aromatic nitrogens is 1. The van der Waals surface area contributed by atoms with Crippen molar-refractivity contribution in [2.45, 2.75) is 37.6 Å². The van der Waals surface area contributed by atoms with Crippen LogP contribution in [0.5, 0.6) is 0 Å². The van der Waals surface area contributed by atoms with Crippen LogP contribution >= 0.6 is 0 Å². The van der Waals surface area contributed by atoms with Crippen molar-refractivity contribution in [3.63, 3.8) is 0 Å². The molecule has 1 fully saturated rings. The molecule has 8 nitrogen and oxygen atoms in total. The number of nitrogens with one attached hydrogen (secondary N) is 2. The molecular weight excluding hydrogens is 332 g/mol. The predicted octanol–water partition coefficient (Wildman–Crippen LogP) is 0.0640. The molecule has 0 unspecified atom stereocenters. The molecule has 1 heterocycles. The molecule has 0 aromatic carbocycles. The summed E-state index contributed by atoms with van der Waals surface area (Å²) in [5.41, 5.74) is 0.194. The molecule has 1 aliphatic rings. The highest BCUT2D eigenvalue weighted by molar-refractivity contribution is 7.89. The molecule has 0 radical (unpaired) electrons. The van der Waals surface area contributed by atoms with Gasteiger partial charge in [-0.05, 0) is 18.9 Å². The average molecular weight is 356 g/mol. The van der Waals surface area contributed by atoms with Gasteiger partial charge in [0.25, 0.3) is 5.91 Å². The second kappa shape index (κ2) is 7.35. The molecule has 1 saturated carbocycles. The van der Waals surface area contributed by atoms with Crippen molar-refractivity contribution in [3.8, 4) is 0 Å². The van der Waals surface area contributed by atoms with E-state index in [1.54, 1.807) is 20.9 Å². The fourth-order valence-corrected chi connectivity index (χ4v) is 3.90. The second-order valence-electron chi connectivity index (χ2n) is 5.79. The molecule has 1 aromatic heterocycles. The molecule has 0 saturated heterocycles. The van der Waals surface area contributed by atoms with E-state index in [2.05, 4.69) is 10.6 Å². The van der Waals surface area contributed by atoms with Crippen molar-refractivity contribution in [1.82, 2.24) is 19.5 Å². The van der Waals surface area contributed by atoms with Crippen LogP contribution in [0.4, 0.5) is 0 Å². The van der Waals surface area contributed by atoms with Crippen LogP contribution in [0.1, 0.15) is 37.2 Å². The van der Waals surface area contributed by atoms with Gasteiger partial charge >= 0.3 is 0 Å². The van der Waals surface area contributed by atoms with Crippen LogP contribution in [0.15, 0.2) is 17.2 Å². The summed E-state index contributed by atoms with van der Waals surface area (Å²) in [7, 11) is -2.02. The molecule has 0 spiro atoms. The van der Waals surface area contributed by atoms with Gasteiger partial charge in [0, 0.05) is 32.4 Å². The summed E-state index contributed by atoms with van der Waals surface area (Å²) in [6, 6.07) is 1.57. The van der Waals surface area contributed by atoms with E-state index in [1.807, 2.05) is 0 Å². The van der Waals surface area contributed by atoms with Gasteiger partial charge in [-0.2, -0.15) is 4.31 Å². The molecule has 24 heavy (non-hydrogen) atoms. The number of nitrogens with zero attached hydrogens (tertiary/aromatic N) is 2. The maximum absolute atomic E-state index is 12.5. The number of amides is 2. The first-order valence-corrected chi connectivity index (χ1v) is 9.47. The van der Waals surface area contributed by atoms with Crippen molar-refractivity contribution in [2.75, 3.05) is 19.6 Å². The van der Waals surface area contributed by atoms with Gasteiger partial charge in [-0.25, -0.2) is 8.42 Å². The number of carbonyl (C=O) groups excluding carboxylic acids is 2. The van der Waals surface area contributed by atoms with Gasteiger partial charge in [-0.3, -0.25) is 9.59 Å². The number of rotatable bonds is 8. The Bertz CT molecular complexity index is 718. The standard InChI is InChI=1S/C15H24N4O4S/c1-4-19(5-2)24(22,23)12-8-13(18(3)10-12)15(21)16-9-14(20)17-11-6-7-11/h8,10-11H,4-7,9H2,1-3H3,(H,16,21)(H,17,20). The fourth-order valence-electron chi connectivity index (χ4n) is 2.37. The van der Waals surface area contributed by atoms with Gasteiger partial charge in [0.05, 0.1) is 6.54 Å². The van der Waals surface area contributed by atoms with Crippen molar-refractivity contribution in [3.05, 3.63) is 18.0 Å². The van der Waals surface area contributed by atoms with Gasteiger partial charge in [-0.15, -0.1) is 0 Å². The van der Waals surface area contributed by atoms with Crippen molar-refractivity contribution in [1.29, 1.82) is 0 Å². The Morgan fingerprint density at radius 3 is 2.46 bits per heavy atom. The summed E-state index contributed by atoms with van der Waals surface area (Å²) in [6.07, 6.45) is 3.36. The van der Waals surface area contributed by atoms with Crippen LogP contribution in [-0.4, -0.2) is 54.8 Å². The first kappa shape index (κ1) is 18.5. The van der Waals surface area contributed by atoms with E-state index in [9.17, 15) is 18.0 Å². The summed E-state index contributed by atoms with van der Waals surface area (Å²) in [6.45, 7) is 4.11. The maximum Gasteiger partial charge on any atom is 0.268 e. The van der Waals surface area contributed by atoms with E-state index in [0.29, 0.717) is 13.1 Å². The number of hydrogen-bond donors (Lipinski definition) is 2. The first-order valence-electron chi connectivity index (χ1n) is 8.03. The SMILES string of the molecule is CCN(CC)S(=O)(=O)c1cc(C(=O)NCC(=O)NC2CC2)n(C)c1. The first-order chi connectivity index (χ1) is 11.3. The summed E-state index contributed by atoms with van der Waals surface area (Å²) < 4.78 is 27.8. The summed E-state index contributed by atoms with van der Waals surface area (Å²) >= 11 is 0. The third kappa shape index (κ3) is 4.15. The third-order valence-electron chi connectivity index (χ3n) is 3.91. The van der Waals surface area contributed by atoms with Gasteiger partial charge in [0.1, 0.15) is 10.6 Å². The lowest BCUT2D eigenvalue weighted by Crippen LogP contribution is -2.38. The molecule has 0 aliphatic heterocycles. The summed E-state index contributed by atoms with van der Waals surface area (Å²) in [5.74, 6) is -0.722. The second-order valence-corrected chi connectivity index (χ2v) is 7.72. The van der Waals surface area contributed by atoms with Crippen LogP contribution in [0, 0.1) is 0 Å². The Morgan fingerprint density at radius 1 is 1.29 bits per heavy atom. The van der Waals surface area contributed by atoms with Gasteiger partial charge in [0.2, 0.25) is 15.9 Å². The largest absolute Gasteiger partial charge is 0.352 e. The van der Waals surface area contributed by atoms with Gasteiger partial charge in [-0.1, -0.05) is 13.8 Å². The monoisotopic (exact) mass is 356 g/mol. The minimum Gasteiger partial charge on any atom is -0.352 e. The quantitative estimate of drug-likeness (QED) is 0.688. The lowest BCUT2D eigenvalue weighted by Gasteiger charge is -2.17. The Labute approximate surface area is 142 Å². The molecule has 0 bridgehead atoms. The number of sulfonamides is 1.